The lowest BCUT2D eigenvalue weighted by Gasteiger charge is -2.07. The average Bonchev–Trinajstić information content (AvgIpc) is 2.57. The second-order valence-corrected chi connectivity index (χ2v) is 4.35. The Morgan fingerprint density at radius 1 is 1.44 bits per heavy atom. The van der Waals surface area contributed by atoms with Gasteiger partial charge in [-0.25, -0.2) is 9.07 Å². The first-order chi connectivity index (χ1) is 8.41. The van der Waals surface area contributed by atoms with E-state index in [-0.39, 0.29) is 11.5 Å². The van der Waals surface area contributed by atoms with Crippen LogP contribution in [0.25, 0.3) is 5.69 Å². The fourth-order valence-electron chi connectivity index (χ4n) is 1.70. The quantitative estimate of drug-likeness (QED) is 0.648. The Labute approximate surface area is 109 Å². The van der Waals surface area contributed by atoms with E-state index in [0.29, 0.717) is 22.0 Å². The molecule has 0 aliphatic heterocycles. The summed E-state index contributed by atoms with van der Waals surface area (Å²) in [5.74, 6) is -0.670. The van der Waals surface area contributed by atoms with Gasteiger partial charge in [0.05, 0.1) is 16.4 Å². The Kier molecular flexibility index (Phi) is 3.09. The van der Waals surface area contributed by atoms with Crippen LogP contribution in [0.3, 0.4) is 0 Å². The van der Waals surface area contributed by atoms with E-state index >= 15 is 0 Å². The topological polar surface area (TPSA) is 67.7 Å². The maximum Gasteiger partial charge on any atom is 0.149 e. The Bertz CT molecular complexity index is 633. The van der Waals surface area contributed by atoms with Gasteiger partial charge in [-0.3, -0.25) is 5.41 Å². The van der Waals surface area contributed by atoms with Crippen molar-refractivity contribution in [3.8, 4) is 5.69 Å². The van der Waals surface area contributed by atoms with Crippen molar-refractivity contribution in [1.29, 1.82) is 5.41 Å². The highest BCUT2D eigenvalue weighted by atomic mass is 35.5. The number of rotatable bonds is 2. The lowest BCUT2D eigenvalue weighted by Crippen LogP contribution is -2.12. The van der Waals surface area contributed by atoms with Crippen LogP contribution in [-0.4, -0.2) is 15.6 Å². The van der Waals surface area contributed by atoms with E-state index in [1.807, 2.05) is 0 Å². The molecule has 0 radical (unpaired) electrons. The Morgan fingerprint density at radius 2 is 2.11 bits per heavy atom. The fourth-order valence-corrected chi connectivity index (χ4v) is 1.82. The molecule has 0 atom stereocenters. The van der Waals surface area contributed by atoms with Gasteiger partial charge in [-0.1, -0.05) is 11.6 Å². The van der Waals surface area contributed by atoms with Crippen LogP contribution in [0.15, 0.2) is 18.2 Å². The molecule has 3 N–H and O–H groups in total. The minimum atomic E-state index is -0.495. The molecule has 1 heterocycles. The summed E-state index contributed by atoms with van der Waals surface area (Å²) in [6.07, 6.45) is 0. The normalized spacial score (nSPS) is 10.7. The molecule has 2 aromatic rings. The fraction of sp³-hybridized carbons (Fsp3) is 0.167. The molecule has 0 amide bonds. The summed E-state index contributed by atoms with van der Waals surface area (Å²) < 4.78 is 15.4. The lowest BCUT2D eigenvalue weighted by atomic mass is 10.2. The van der Waals surface area contributed by atoms with E-state index in [0.717, 1.165) is 0 Å². The summed E-state index contributed by atoms with van der Waals surface area (Å²) in [5.41, 5.74) is 7.24. The van der Waals surface area contributed by atoms with E-state index in [1.54, 1.807) is 19.9 Å². The van der Waals surface area contributed by atoms with Crippen molar-refractivity contribution >= 4 is 17.4 Å². The average molecular weight is 267 g/mol. The van der Waals surface area contributed by atoms with E-state index in [2.05, 4.69) is 5.10 Å². The summed E-state index contributed by atoms with van der Waals surface area (Å²) in [6, 6.07) is 4.31. The highest BCUT2D eigenvalue weighted by Gasteiger charge is 2.14. The van der Waals surface area contributed by atoms with Crippen LogP contribution >= 0.6 is 11.6 Å². The summed E-state index contributed by atoms with van der Waals surface area (Å²) >= 11 is 6.02. The number of nitrogens with zero attached hydrogens (tertiary/aromatic N) is 2. The molecule has 0 saturated heterocycles. The van der Waals surface area contributed by atoms with Crippen molar-refractivity contribution in [2.45, 2.75) is 13.8 Å². The number of amidine groups is 1. The highest BCUT2D eigenvalue weighted by Crippen LogP contribution is 2.24. The number of aromatic nitrogens is 2. The zero-order valence-electron chi connectivity index (χ0n) is 9.96. The first-order valence-electron chi connectivity index (χ1n) is 5.28. The standard InChI is InChI=1S/C12H12ClFN4/c1-6-11(13)7(2)18(17-6)10-4-3-8(12(15)16)5-9(10)14/h3-5H,1-2H3,(H3,15,16). The molecule has 18 heavy (non-hydrogen) atoms. The van der Waals surface area contributed by atoms with Crippen molar-refractivity contribution in [2.24, 2.45) is 5.73 Å². The second kappa shape index (κ2) is 4.42. The van der Waals surface area contributed by atoms with Gasteiger partial charge in [0.1, 0.15) is 17.3 Å². The van der Waals surface area contributed by atoms with Crippen molar-refractivity contribution in [3.63, 3.8) is 0 Å². The third-order valence-electron chi connectivity index (χ3n) is 2.69. The molecular formula is C12H12ClFN4. The molecule has 0 aliphatic carbocycles. The molecule has 1 aromatic carbocycles. The maximum atomic E-state index is 14.0. The SMILES string of the molecule is Cc1nn(-c2ccc(C(=N)N)cc2F)c(C)c1Cl. The number of nitrogens with one attached hydrogen (secondary N) is 1. The Hall–Kier alpha value is -1.88. The van der Waals surface area contributed by atoms with Gasteiger partial charge in [-0.15, -0.1) is 0 Å². The molecule has 0 fully saturated rings. The monoisotopic (exact) mass is 266 g/mol. The Balaban J connectivity index is 2.58. The third-order valence-corrected chi connectivity index (χ3v) is 3.24. The number of benzene rings is 1. The summed E-state index contributed by atoms with van der Waals surface area (Å²) in [6.45, 7) is 3.52. The van der Waals surface area contributed by atoms with Gasteiger partial charge in [0.15, 0.2) is 0 Å². The van der Waals surface area contributed by atoms with Gasteiger partial charge in [0, 0.05) is 5.56 Å². The molecule has 1 aromatic heterocycles. The second-order valence-electron chi connectivity index (χ2n) is 3.98. The number of halogens is 2. The number of hydrogen-bond acceptors (Lipinski definition) is 2. The van der Waals surface area contributed by atoms with E-state index in [9.17, 15) is 4.39 Å². The van der Waals surface area contributed by atoms with Crippen LogP contribution in [0.4, 0.5) is 4.39 Å². The molecule has 0 aliphatic rings. The largest absolute Gasteiger partial charge is 0.384 e. The lowest BCUT2D eigenvalue weighted by molar-refractivity contribution is 0.607. The molecule has 0 spiro atoms. The van der Waals surface area contributed by atoms with Gasteiger partial charge >= 0.3 is 0 Å². The van der Waals surface area contributed by atoms with Gasteiger partial charge in [0.2, 0.25) is 0 Å². The number of aryl methyl sites for hydroxylation is 1. The van der Waals surface area contributed by atoms with Crippen molar-refractivity contribution in [2.75, 3.05) is 0 Å². The van der Waals surface area contributed by atoms with Crippen molar-refractivity contribution in [1.82, 2.24) is 9.78 Å². The van der Waals surface area contributed by atoms with Crippen LogP contribution in [0, 0.1) is 25.1 Å². The zero-order valence-corrected chi connectivity index (χ0v) is 10.7. The smallest absolute Gasteiger partial charge is 0.149 e. The van der Waals surface area contributed by atoms with Crippen molar-refractivity contribution < 1.29 is 4.39 Å². The van der Waals surface area contributed by atoms with Crippen molar-refractivity contribution in [3.05, 3.63) is 46.0 Å². The number of hydrogen-bond donors (Lipinski definition) is 2. The molecule has 4 nitrogen and oxygen atoms in total. The van der Waals surface area contributed by atoms with E-state index in [1.165, 1.54) is 16.8 Å². The minimum Gasteiger partial charge on any atom is -0.384 e. The summed E-state index contributed by atoms with van der Waals surface area (Å²) in [4.78, 5) is 0. The summed E-state index contributed by atoms with van der Waals surface area (Å²) in [5, 5.41) is 11.9. The van der Waals surface area contributed by atoms with Crippen LogP contribution in [-0.2, 0) is 0 Å². The predicted molar refractivity (Wildman–Crippen MR) is 69.0 cm³/mol. The van der Waals surface area contributed by atoms with Crippen LogP contribution in [0.5, 0.6) is 0 Å². The predicted octanol–water partition coefficient (Wildman–Crippen LogP) is 2.57. The van der Waals surface area contributed by atoms with E-state index < -0.39 is 5.82 Å². The molecular weight excluding hydrogens is 255 g/mol. The highest BCUT2D eigenvalue weighted by molar-refractivity contribution is 6.31. The third kappa shape index (κ3) is 1.97. The molecule has 2 rings (SSSR count). The molecule has 6 heteroatoms. The molecule has 0 saturated carbocycles. The van der Waals surface area contributed by atoms with Gasteiger partial charge in [-0.2, -0.15) is 5.10 Å². The minimum absolute atomic E-state index is 0.174. The van der Waals surface area contributed by atoms with Gasteiger partial charge < -0.3 is 5.73 Å². The first kappa shape index (κ1) is 12.6. The van der Waals surface area contributed by atoms with Crippen LogP contribution in [0.2, 0.25) is 5.02 Å². The number of nitrogen functional groups attached to an aromatic ring is 1. The molecule has 94 valence electrons. The maximum absolute atomic E-state index is 14.0. The Morgan fingerprint density at radius 3 is 2.56 bits per heavy atom. The molecule has 0 bridgehead atoms. The summed E-state index contributed by atoms with van der Waals surface area (Å²) in [7, 11) is 0. The zero-order chi connectivity index (χ0) is 13.4. The first-order valence-corrected chi connectivity index (χ1v) is 5.65. The van der Waals surface area contributed by atoms with Gasteiger partial charge in [-0.05, 0) is 32.0 Å². The van der Waals surface area contributed by atoms with Crippen LogP contribution < -0.4 is 5.73 Å². The van der Waals surface area contributed by atoms with Gasteiger partial charge in [0.25, 0.3) is 0 Å². The van der Waals surface area contributed by atoms with E-state index in [4.69, 9.17) is 22.7 Å². The molecule has 0 unspecified atom stereocenters. The van der Waals surface area contributed by atoms with Crippen LogP contribution in [0.1, 0.15) is 17.0 Å². The number of nitrogens with two attached hydrogens (primary N) is 1.